The average molecular weight is 746 g/mol. The summed E-state index contributed by atoms with van der Waals surface area (Å²) in [5.41, 5.74) is 0. The molecule has 0 heterocycles. The van der Waals surface area contributed by atoms with Crippen molar-refractivity contribution in [2.75, 3.05) is 6.61 Å². The van der Waals surface area contributed by atoms with E-state index in [-0.39, 0.29) is 6.61 Å². The molecule has 0 spiro atoms. The van der Waals surface area contributed by atoms with Gasteiger partial charge in [0.2, 0.25) is 5.91 Å². The van der Waals surface area contributed by atoms with Crippen LogP contribution in [0.1, 0.15) is 239 Å². The maximum atomic E-state index is 12.5. The molecule has 3 unspecified atom stereocenters. The normalized spacial score (nSPS) is 13.8. The van der Waals surface area contributed by atoms with Crippen LogP contribution in [0.25, 0.3) is 0 Å². The van der Waals surface area contributed by atoms with E-state index in [0.29, 0.717) is 6.42 Å². The van der Waals surface area contributed by atoms with Gasteiger partial charge in [0.1, 0.15) is 6.10 Å². The second-order valence-electron chi connectivity index (χ2n) is 16.0. The van der Waals surface area contributed by atoms with Crippen molar-refractivity contribution < 1.29 is 20.1 Å². The number of nitrogens with one attached hydrogen (secondary N) is 1. The summed E-state index contributed by atoms with van der Waals surface area (Å²) in [5, 5.41) is 33.2. The van der Waals surface area contributed by atoms with E-state index < -0.39 is 24.2 Å². The quantitative estimate of drug-likeness (QED) is 0.0370. The number of rotatable bonds is 42. The molecule has 5 heteroatoms. The minimum Gasteiger partial charge on any atom is -0.394 e. The number of amides is 1. The lowest BCUT2D eigenvalue weighted by molar-refractivity contribution is -0.131. The number of carbonyl (C=O) groups is 1. The predicted octanol–water partition coefficient (Wildman–Crippen LogP) is 13.5. The molecule has 0 aromatic carbocycles. The van der Waals surface area contributed by atoms with Crippen LogP contribution in [0.5, 0.6) is 0 Å². The summed E-state index contributed by atoms with van der Waals surface area (Å²) in [6.07, 6.45) is 54.6. The zero-order valence-electron chi connectivity index (χ0n) is 35.4. The van der Waals surface area contributed by atoms with Gasteiger partial charge in [0.15, 0.2) is 0 Å². The number of hydrogen-bond donors (Lipinski definition) is 4. The van der Waals surface area contributed by atoms with Crippen molar-refractivity contribution in [1.29, 1.82) is 0 Å². The van der Waals surface area contributed by atoms with Crippen LogP contribution >= 0.6 is 0 Å². The first-order valence-corrected chi connectivity index (χ1v) is 23.3. The molecular formula is C48H91NO4. The fourth-order valence-electron chi connectivity index (χ4n) is 7.04. The van der Waals surface area contributed by atoms with E-state index in [1.165, 1.54) is 180 Å². The topological polar surface area (TPSA) is 89.8 Å². The maximum absolute atomic E-state index is 12.5. The smallest absolute Gasteiger partial charge is 0.249 e. The van der Waals surface area contributed by atoms with Gasteiger partial charge >= 0.3 is 0 Å². The van der Waals surface area contributed by atoms with Crippen LogP contribution in [0.2, 0.25) is 0 Å². The van der Waals surface area contributed by atoms with Crippen LogP contribution in [0.3, 0.4) is 0 Å². The van der Waals surface area contributed by atoms with Crippen molar-refractivity contribution in [1.82, 2.24) is 5.32 Å². The van der Waals surface area contributed by atoms with Crippen molar-refractivity contribution in [3.8, 4) is 0 Å². The summed E-state index contributed by atoms with van der Waals surface area (Å²) in [6, 6.07) is -0.799. The monoisotopic (exact) mass is 746 g/mol. The van der Waals surface area contributed by atoms with Crippen LogP contribution in [0.4, 0.5) is 0 Å². The van der Waals surface area contributed by atoms with Gasteiger partial charge in [0.25, 0.3) is 0 Å². The minimum atomic E-state index is -1.10. The summed E-state index contributed by atoms with van der Waals surface area (Å²) in [4.78, 5) is 12.5. The molecule has 0 aliphatic carbocycles. The second kappa shape index (κ2) is 43.3. The van der Waals surface area contributed by atoms with Gasteiger partial charge in [-0.15, -0.1) is 0 Å². The summed E-state index contributed by atoms with van der Waals surface area (Å²) >= 11 is 0. The molecule has 1 amide bonds. The molecule has 5 nitrogen and oxygen atoms in total. The molecule has 4 N–H and O–H groups in total. The fourth-order valence-corrected chi connectivity index (χ4v) is 7.04. The van der Waals surface area contributed by atoms with Gasteiger partial charge in [0, 0.05) is 0 Å². The highest BCUT2D eigenvalue weighted by molar-refractivity contribution is 5.80. The Morgan fingerprint density at radius 3 is 1.19 bits per heavy atom. The number of aliphatic hydroxyl groups excluding tert-OH is 3. The van der Waals surface area contributed by atoms with Crippen LogP contribution in [0.15, 0.2) is 36.5 Å². The fraction of sp³-hybridized carbons (Fsp3) is 0.854. The van der Waals surface area contributed by atoms with Gasteiger partial charge in [0.05, 0.1) is 18.8 Å². The molecular weight excluding hydrogens is 655 g/mol. The Labute approximate surface area is 330 Å². The molecule has 0 saturated heterocycles. The molecule has 0 radical (unpaired) electrons. The van der Waals surface area contributed by atoms with E-state index in [0.717, 1.165) is 38.5 Å². The van der Waals surface area contributed by atoms with E-state index in [1.807, 2.05) is 6.08 Å². The molecule has 0 rings (SSSR count). The first-order valence-electron chi connectivity index (χ1n) is 23.3. The summed E-state index contributed by atoms with van der Waals surface area (Å²) in [5.74, 6) is -0.507. The third-order valence-electron chi connectivity index (χ3n) is 10.7. The third kappa shape index (κ3) is 38.6. The van der Waals surface area contributed by atoms with Crippen molar-refractivity contribution in [3.63, 3.8) is 0 Å². The van der Waals surface area contributed by atoms with Gasteiger partial charge in [-0.3, -0.25) is 4.79 Å². The average Bonchev–Trinajstić information content (AvgIpc) is 3.16. The van der Waals surface area contributed by atoms with Crippen LogP contribution in [-0.4, -0.2) is 46.1 Å². The zero-order valence-corrected chi connectivity index (χ0v) is 35.4. The summed E-state index contributed by atoms with van der Waals surface area (Å²) in [7, 11) is 0. The van der Waals surface area contributed by atoms with Crippen molar-refractivity contribution in [2.45, 2.75) is 257 Å². The lowest BCUT2D eigenvalue weighted by atomic mass is 10.0. The second-order valence-corrected chi connectivity index (χ2v) is 16.0. The molecule has 3 atom stereocenters. The summed E-state index contributed by atoms with van der Waals surface area (Å²) in [6.45, 7) is 4.18. The first kappa shape index (κ1) is 51.6. The number of allylic oxidation sites excluding steroid dienone is 5. The van der Waals surface area contributed by atoms with E-state index >= 15 is 0 Å². The largest absolute Gasteiger partial charge is 0.394 e. The molecule has 0 aliphatic heterocycles. The third-order valence-corrected chi connectivity index (χ3v) is 10.7. The molecule has 53 heavy (non-hydrogen) atoms. The number of unbranched alkanes of at least 4 members (excludes halogenated alkanes) is 30. The number of hydrogen-bond acceptors (Lipinski definition) is 4. The summed E-state index contributed by atoms with van der Waals surface area (Å²) < 4.78 is 0. The molecule has 0 bridgehead atoms. The van der Waals surface area contributed by atoms with Gasteiger partial charge in [-0.2, -0.15) is 0 Å². The van der Waals surface area contributed by atoms with Crippen LogP contribution in [-0.2, 0) is 4.79 Å². The molecule has 312 valence electrons. The zero-order chi connectivity index (χ0) is 38.7. The van der Waals surface area contributed by atoms with E-state index in [2.05, 4.69) is 43.5 Å². The molecule has 0 fully saturated rings. The predicted molar refractivity (Wildman–Crippen MR) is 231 cm³/mol. The van der Waals surface area contributed by atoms with Gasteiger partial charge in [-0.25, -0.2) is 0 Å². The Morgan fingerprint density at radius 2 is 0.811 bits per heavy atom. The van der Waals surface area contributed by atoms with E-state index in [1.54, 1.807) is 6.08 Å². The highest BCUT2D eigenvalue weighted by atomic mass is 16.3. The number of aliphatic hydroxyl groups is 3. The van der Waals surface area contributed by atoms with Crippen LogP contribution in [0, 0.1) is 0 Å². The van der Waals surface area contributed by atoms with Gasteiger partial charge < -0.3 is 20.6 Å². The molecule has 0 saturated carbocycles. The lowest BCUT2D eigenvalue weighted by Crippen LogP contribution is -2.48. The highest BCUT2D eigenvalue weighted by Crippen LogP contribution is 2.15. The van der Waals surface area contributed by atoms with Gasteiger partial charge in [-0.1, -0.05) is 224 Å². The Balaban J connectivity index is 3.66. The Morgan fingerprint density at radius 1 is 0.472 bits per heavy atom. The standard InChI is InChI=1S/C48H91NO4/c1-3-5-7-9-11-13-15-17-19-20-21-22-23-24-25-26-27-29-31-33-35-37-39-41-43-47(52)48(53)49-45(44-50)46(51)42-40-38-36-34-32-30-28-18-16-14-12-10-8-6-4-2/h21-22,24-25,40,42,45-47,50-52H,3-20,23,26-39,41,43-44H2,1-2H3,(H,49,53)/b22-21-,25-24-,42-40+. The van der Waals surface area contributed by atoms with Gasteiger partial charge in [-0.05, 0) is 51.4 Å². The molecule has 0 aliphatic rings. The van der Waals surface area contributed by atoms with Crippen molar-refractivity contribution in [2.24, 2.45) is 0 Å². The minimum absolute atomic E-state index is 0.365. The first-order chi connectivity index (χ1) is 26.1. The van der Waals surface area contributed by atoms with Crippen LogP contribution < -0.4 is 5.32 Å². The Hall–Kier alpha value is -1.43. The maximum Gasteiger partial charge on any atom is 0.249 e. The molecule has 0 aromatic rings. The molecule has 0 aromatic heterocycles. The Kier molecular flexibility index (Phi) is 42.1. The van der Waals surface area contributed by atoms with E-state index in [9.17, 15) is 20.1 Å². The Bertz CT molecular complexity index is 824. The highest BCUT2D eigenvalue weighted by Gasteiger charge is 2.22. The van der Waals surface area contributed by atoms with E-state index in [4.69, 9.17) is 0 Å². The van der Waals surface area contributed by atoms with Crippen molar-refractivity contribution in [3.05, 3.63) is 36.5 Å². The SMILES string of the molecule is CCCCCCCCCCC/C=C\C/C=C\CCCCCCCCCCC(O)C(=O)NC(CO)C(O)/C=C/CCCCCCCCCCCCCCC. The van der Waals surface area contributed by atoms with Crippen molar-refractivity contribution >= 4 is 5.91 Å². The lowest BCUT2D eigenvalue weighted by Gasteiger charge is -2.21. The number of carbonyl (C=O) groups excluding carboxylic acids is 1.